The Morgan fingerprint density at radius 1 is 0.923 bits per heavy atom. The zero-order valence-corrected chi connectivity index (χ0v) is 16.5. The van der Waals surface area contributed by atoms with E-state index in [2.05, 4.69) is 6.92 Å². The summed E-state index contributed by atoms with van der Waals surface area (Å²) in [4.78, 5) is 11.0. The summed E-state index contributed by atoms with van der Waals surface area (Å²) in [7, 11) is 0. The van der Waals surface area contributed by atoms with Gasteiger partial charge in [0.25, 0.3) is 0 Å². The van der Waals surface area contributed by atoms with Crippen LogP contribution in [0.5, 0.6) is 11.5 Å². The minimum absolute atomic E-state index is 0.430. The molecule has 0 aromatic heterocycles. The van der Waals surface area contributed by atoms with Crippen LogP contribution in [0, 0.1) is 0 Å². The van der Waals surface area contributed by atoms with Gasteiger partial charge in [0.2, 0.25) is 0 Å². The summed E-state index contributed by atoms with van der Waals surface area (Å²) in [5.41, 5.74) is 0. The van der Waals surface area contributed by atoms with E-state index >= 15 is 0 Å². The third-order valence-corrected chi connectivity index (χ3v) is 4.50. The van der Waals surface area contributed by atoms with Gasteiger partial charge in [0.05, 0.1) is 6.61 Å². The predicted molar refractivity (Wildman–Crippen MR) is 106 cm³/mol. The summed E-state index contributed by atoms with van der Waals surface area (Å²) in [6.07, 6.45) is 12.6. The molecule has 0 aliphatic rings. The Hall–Kier alpha value is -1.71. The number of aliphatic carboxylic acids is 1. The standard InChI is InChI=1S/C22H36O4/c1-3-5-6-7-8-9-10-11-12-13-17-25-19-15-14-16-20(18-19)26-21(4-2)22(23)24/h14-16,18,21H,3-13,17H2,1-2H3,(H,23,24). The van der Waals surface area contributed by atoms with Crippen molar-refractivity contribution in [2.45, 2.75) is 90.6 Å². The highest BCUT2D eigenvalue weighted by atomic mass is 16.5. The normalized spacial score (nSPS) is 11.9. The molecule has 0 amide bonds. The molecule has 0 aliphatic carbocycles. The average molecular weight is 365 g/mol. The van der Waals surface area contributed by atoms with E-state index in [9.17, 15) is 4.79 Å². The Kier molecular flexibility index (Phi) is 12.4. The molecule has 0 radical (unpaired) electrons. The Bertz CT molecular complexity index is 487. The van der Waals surface area contributed by atoms with Crippen LogP contribution in [0.3, 0.4) is 0 Å². The molecule has 1 N–H and O–H groups in total. The van der Waals surface area contributed by atoms with Crippen molar-refractivity contribution < 1.29 is 19.4 Å². The number of unbranched alkanes of at least 4 members (excludes halogenated alkanes) is 9. The van der Waals surface area contributed by atoms with Crippen molar-refractivity contribution in [2.75, 3.05) is 6.61 Å². The van der Waals surface area contributed by atoms with Crippen LogP contribution in [0.15, 0.2) is 24.3 Å². The smallest absolute Gasteiger partial charge is 0.344 e. The molecule has 0 bridgehead atoms. The van der Waals surface area contributed by atoms with Gasteiger partial charge in [-0.1, -0.05) is 77.7 Å². The quantitative estimate of drug-likeness (QED) is 0.353. The lowest BCUT2D eigenvalue weighted by Crippen LogP contribution is -2.25. The van der Waals surface area contributed by atoms with Crippen LogP contribution in [-0.4, -0.2) is 23.8 Å². The van der Waals surface area contributed by atoms with Crippen LogP contribution < -0.4 is 9.47 Å². The molecule has 0 spiro atoms. The molecule has 0 fully saturated rings. The van der Waals surface area contributed by atoms with Gasteiger partial charge in [-0.25, -0.2) is 4.79 Å². The lowest BCUT2D eigenvalue weighted by atomic mass is 10.1. The van der Waals surface area contributed by atoms with Crippen molar-refractivity contribution >= 4 is 5.97 Å². The third kappa shape index (κ3) is 10.3. The van der Waals surface area contributed by atoms with Crippen LogP contribution in [0.1, 0.15) is 84.5 Å². The maximum absolute atomic E-state index is 11.0. The number of benzene rings is 1. The van der Waals surface area contributed by atoms with E-state index in [1.54, 1.807) is 19.1 Å². The fourth-order valence-corrected chi connectivity index (χ4v) is 2.89. The number of carbonyl (C=O) groups is 1. The average Bonchev–Trinajstić information content (AvgIpc) is 2.64. The van der Waals surface area contributed by atoms with Crippen LogP contribution in [0.2, 0.25) is 0 Å². The summed E-state index contributed by atoms with van der Waals surface area (Å²) in [6, 6.07) is 7.24. The molecule has 0 heterocycles. The first kappa shape index (κ1) is 22.3. The molecular formula is C22H36O4. The van der Waals surface area contributed by atoms with Gasteiger partial charge < -0.3 is 14.6 Å². The number of hydrogen-bond acceptors (Lipinski definition) is 3. The van der Waals surface area contributed by atoms with E-state index in [-0.39, 0.29) is 0 Å². The van der Waals surface area contributed by atoms with Gasteiger partial charge in [0.1, 0.15) is 11.5 Å². The molecule has 1 rings (SSSR count). The predicted octanol–water partition coefficient (Wildman–Crippen LogP) is 6.23. The molecule has 0 saturated carbocycles. The van der Waals surface area contributed by atoms with Gasteiger partial charge in [-0.2, -0.15) is 0 Å². The molecule has 0 saturated heterocycles. The summed E-state index contributed by atoms with van der Waals surface area (Å²) in [5.74, 6) is 0.336. The van der Waals surface area contributed by atoms with Crippen molar-refractivity contribution in [3.63, 3.8) is 0 Å². The van der Waals surface area contributed by atoms with Gasteiger partial charge in [-0.3, -0.25) is 0 Å². The Morgan fingerprint density at radius 2 is 1.50 bits per heavy atom. The molecule has 1 aromatic carbocycles. The molecule has 4 heteroatoms. The van der Waals surface area contributed by atoms with Crippen LogP contribution in [0.4, 0.5) is 0 Å². The van der Waals surface area contributed by atoms with Crippen molar-refractivity contribution in [3.8, 4) is 11.5 Å². The third-order valence-electron chi connectivity index (χ3n) is 4.50. The van der Waals surface area contributed by atoms with Gasteiger partial charge in [0, 0.05) is 6.07 Å². The fraction of sp³-hybridized carbons (Fsp3) is 0.682. The van der Waals surface area contributed by atoms with Gasteiger partial charge in [0.15, 0.2) is 6.10 Å². The minimum atomic E-state index is -0.941. The number of carboxylic acid groups (broad SMARTS) is 1. The zero-order chi connectivity index (χ0) is 19.0. The van der Waals surface area contributed by atoms with E-state index in [0.717, 1.165) is 12.2 Å². The Morgan fingerprint density at radius 3 is 2.08 bits per heavy atom. The number of rotatable bonds is 16. The first-order valence-corrected chi connectivity index (χ1v) is 10.3. The van der Waals surface area contributed by atoms with Crippen molar-refractivity contribution in [2.24, 2.45) is 0 Å². The molecule has 148 valence electrons. The molecule has 1 unspecified atom stereocenters. The molecule has 1 aromatic rings. The summed E-state index contributed by atoms with van der Waals surface area (Å²) < 4.78 is 11.3. The first-order chi connectivity index (χ1) is 12.7. The second kappa shape index (κ2) is 14.5. The van der Waals surface area contributed by atoms with E-state index in [0.29, 0.717) is 18.8 Å². The lowest BCUT2D eigenvalue weighted by Gasteiger charge is -2.14. The molecule has 0 aliphatic heterocycles. The van der Waals surface area contributed by atoms with Crippen LogP contribution in [0.25, 0.3) is 0 Å². The van der Waals surface area contributed by atoms with Crippen LogP contribution >= 0.6 is 0 Å². The second-order valence-corrected chi connectivity index (χ2v) is 6.86. The van der Waals surface area contributed by atoms with E-state index in [4.69, 9.17) is 14.6 Å². The number of carboxylic acids is 1. The molecule has 4 nitrogen and oxygen atoms in total. The SMILES string of the molecule is CCCCCCCCCCCCOc1cccc(OC(CC)C(=O)O)c1. The minimum Gasteiger partial charge on any atom is -0.493 e. The van der Waals surface area contributed by atoms with Crippen molar-refractivity contribution in [3.05, 3.63) is 24.3 Å². The first-order valence-electron chi connectivity index (χ1n) is 10.3. The highest BCUT2D eigenvalue weighted by molar-refractivity contribution is 5.72. The van der Waals surface area contributed by atoms with Gasteiger partial charge >= 0.3 is 5.97 Å². The second-order valence-electron chi connectivity index (χ2n) is 6.86. The maximum Gasteiger partial charge on any atom is 0.344 e. The van der Waals surface area contributed by atoms with Gasteiger partial charge in [-0.05, 0) is 25.0 Å². The monoisotopic (exact) mass is 364 g/mol. The van der Waals surface area contributed by atoms with Crippen molar-refractivity contribution in [1.82, 2.24) is 0 Å². The summed E-state index contributed by atoms with van der Waals surface area (Å²) in [5, 5.41) is 9.06. The van der Waals surface area contributed by atoms with E-state index < -0.39 is 12.1 Å². The summed E-state index contributed by atoms with van der Waals surface area (Å²) in [6.45, 7) is 4.74. The van der Waals surface area contributed by atoms with Gasteiger partial charge in [-0.15, -0.1) is 0 Å². The van der Waals surface area contributed by atoms with Crippen LogP contribution in [-0.2, 0) is 4.79 Å². The fourth-order valence-electron chi connectivity index (χ4n) is 2.89. The molecular weight excluding hydrogens is 328 g/mol. The Labute approximate surface area is 158 Å². The topological polar surface area (TPSA) is 55.8 Å². The highest BCUT2D eigenvalue weighted by Crippen LogP contribution is 2.21. The number of ether oxygens (including phenoxy) is 2. The highest BCUT2D eigenvalue weighted by Gasteiger charge is 2.16. The Balaban J connectivity index is 2.12. The van der Waals surface area contributed by atoms with Crippen molar-refractivity contribution in [1.29, 1.82) is 0 Å². The largest absolute Gasteiger partial charge is 0.493 e. The number of hydrogen-bond donors (Lipinski definition) is 1. The van der Waals surface area contributed by atoms with E-state index in [1.165, 1.54) is 57.8 Å². The lowest BCUT2D eigenvalue weighted by molar-refractivity contribution is -0.145. The molecule has 26 heavy (non-hydrogen) atoms. The molecule has 1 atom stereocenters. The summed E-state index contributed by atoms with van der Waals surface area (Å²) >= 11 is 0. The zero-order valence-electron chi connectivity index (χ0n) is 16.5. The van der Waals surface area contributed by atoms with E-state index in [1.807, 2.05) is 12.1 Å². The maximum atomic E-state index is 11.0.